The molecule has 1 aliphatic rings. The van der Waals surface area contributed by atoms with Crippen molar-refractivity contribution in [1.82, 2.24) is 15.1 Å². The molecule has 1 fully saturated rings. The predicted octanol–water partition coefficient (Wildman–Crippen LogP) is 6.43. The van der Waals surface area contributed by atoms with Crippen LogP contribution in [-0.4, -0.2) is 47.0 Å². The van der Waals surface area contributed by atoms with E-state index >= 15 is 0 Å². The third-order valence-corrected chi connectivity index (χ3v) is 7.23. The summed E-state index contributed by atoms with van der Waals surface area (Å²) in [6.45, 7) is 3.94. The van der Waals surface area contributed by atoms with Crippen molar-refractivity contribution in [2.45, 2.75) is 45.1 Å². The topological polar surface area (TPSA) is 82.4 Å². The molecule has 1 heterocycles. The van der Waals surface area contributed by atoms with Gasteiger partial charge in [0.2, 0.25) is 0 Å². The van der Waals surface area contributed by atoms with Crippen LogP contribution in [0.4, 0.5) is 0 Å². The van der Waals surface area contributed by atoms with Crippen molar-refractivity contribution < 1.29 is 19.1 Å². The molecule has 0 atom stereocenters. The maximum Gasteiger partial charge on any atom is 0.332 e. The van der Waals surface area contributed by atoms with Gasteiger partial charge in [0.1, 0.15) is 6.61 Å². The Morgan fingerprint density at radius 3 is 2.38 bits per heavy atom. The molecule has 2 aromatic carbocycles. The van der Waals surface area contributed by atoms with Crippen molar-refractivity contribution in [2.75, 3.05) is 19.8 Å². The van der Waals surface area contributed by atoms with Gasteiger partial charge in [0.25, 0.3) is 5.91 Å². The standard InChI is InChI=1S/C27H28Cl3N3O4/c1-3-37-23(34)15-36-16-27(12-4-5-13-27)31-26(35)24-17(2)25(18-6-8-19(28)9-7-18)33(32-24)22-11-10-20(29)14-21(22)30/h6-11,14H,3-5,12-13,15-16H2,1-2H3,(H,31,35). The van der Waals surface area contributed by atoms with E-state index in [1.807, 2.05) is 19.1 Å². The molecule has 0 spiro atoms. The first kappa shape index (κ1) is 27.5. The number of carbonyl (C=O) groups is 2. The van der Waals surface area contributed by atoms with E-state index in [4.69, 9.17) is 49.4 Å². The van der Waals surface area contributed by atoms with Crippen molar-refractivity contribution in [2.24, 2.45) is 0 Å². The second kappa shape index (κ2) is 11.9. The molecular formula is C27H28Cl3N3O4. The SMILES string of the molecule is CCOC(=O)COCC1(NC(=O)c2nn(-c3ccc(Cl)cc3Cl)c(-c3ccc(Cl)cc3)c2C)CCCC1. The van der Waals surface area contributed by atoms with E-state index in [9.17, 15) is 9.59 Å². The molecule has 0 bridgehead atoms. The van der Waals surface area contributed by atoms with Crippen molar-refractivity contribution in [3.05, 3.63) is 68.8 Å². The molecule has 1 N–H and O–H groups in total. The van der Waals surface area contributed by atoms with Crippen LogP contribution in [0.2, 0.25) is 15.1 Å². The minimum Gasteiger partial charge on any atom is -0.464 e. The molecule has 37 heavy (non-hydrogen) atoms. The highest BCUT2D eigenvalue weighted by molar-refractivity contribution is 6.35. The minimum atomic E-state index is -0.585. The van der Waals surface area contributed by atoms with Gasteiger partial charge in [0, 0.05) is 21.2 Å². The van der Waals surface area contributed by atoms with Gasteiger partial charge in [-0.3, -0.25) is 4.79 Å². The number of esters is 1. The summed E-state index contributed by atoms with van der Waals surface area (Å²) in [4.78, 5) is 25.4. The summed E-state index contributed by atoms with van der Waals surface area (Å²) in [6.07, 6.45) is 3.39. The number of nitrogens with one attached hydrogen (secondary N) is 1. The fraction of sp³-hybridized carbons (Fsp3) is 0.370. The maximum absolute atomic E-state index is 13.6. The predicted molar refractivity (Wildman–Crippen MR) is 145 cm³/mol. The van der Waals surface area contributed by atoms with E-state index in [1.54, 1.807) is 41.9 Å². The second-order valence-electron chi connectivity index (χ2n) is 9.08. The van der Waals surface area contributed by atoms with Crippen LogP contribution in [0.15, 0.2) is 42.5 Å². The normalized spacial score (nSPS) is 14.5. The van der Waals surface area contributed by atoms with Crippen LogP contribution >= 0.6 is 34.8 Å². The number of nitrogens with zero attached hydrogens (tertiary/aromatic N) is 2. The molecule has 3 aromatic rings. The molecular weight excluding hydrogens is 537 g/mol. The first-order valence-electron chi connectivity index (χ1n) is 12.1. The highest BCUT2D eigenvalue weighted by Gasteiger charge is 2.37. The van der Waals surface area contributed by atoms with Gasteiger partial charge in [0.05, 0.1) is 35.2 Å². The van der Waals surface area contributed by atoms with Crippen LogP contribution in [0.25, 0.3) is 16.9 Å². The van der Waals surface area contributed by atoms with E-state index in [2.05, 4.69) is 5.32 Å². The third-order valence-electron chi connectivity index (χ3n) is 6.44. The molecule has 0 saturated heterocycles. The fourth-order valence-corrected chi connectivity index (χ4v) is 5.29. The molecule has 7 nitrogen and oxygen atoms in total. The Kier molecular flexibility index (Phi) is 8.80. The number of ether oxygens (including phenoxy) is 2. The summed E-state index contributed by atoms with van der Waals surface area (Å²) >= 11 is 18.8. The Labute approximate surface area is 231 Å². The molecule has 0 unspecified atom stereocenters. The molecule has 0 radical (unpaired) electrons. The smallest absolute Gasteiger partial charge is 0.332 e. The van der Waals surface area contributed by atoms with Crippen molar-refractivity contribution >= 4 is 46.7 Å². The zero-order valence-electron chi connectivity index (χ0n) is 20.7. The summed E-state index contributed by atoms with van der Waals surface area (Å²) in [5, 5.41) is 9.36. The molecule has 4 rings (SSSR count). The third kappa shape index (κ3) is 6.29. The molecule has 1 aliphatic carbocycles. The molecule has 196 valence electrons. The monoisotopic (exact) mass is 563 g/mol. The Balaban J connectivity index is 1.67. The van der Waals surface area contributed by atoms with Gasteiger partial charge in [-0.1, -0.05) is 59.8 Å². The lowest BCUT2D eigenvalue weighted by Crippen LogP contribution is -2.50. The Hall–Kier alpha value is -2.58. The van der Waals surface area contributed by atoms with Gasteiger partial charge in [-0.25, -0.2) is 9.48 Å². The molecule has 0 aliphatic heterocycles. The Morgan fingerprint density at radius 2 is 1.73 bits per heavy atom. The summed E-state index contributed by atoms with van der Waals surface area (Å²) in [5.41, 5.74) is 2.50. The highest BCUT2D eigenvalue weighted by Crippen LogP contribution is 2.35. The lowest BCUT2D eigenvalue weighted by molar-refractivity contribution is -0.149. The number of rotatable bonds is 9. The maximum atomic E-state index is 13.6. The minimum absolute atomic E-state index is 0.158. The van der Waals surface area contributed by atoms with E-state index in [1.165, 1.54) is 0 Å². The summed E-state index contributed by atoms with van der Waals surface area (Å²) < 4.78 is 12.2. The van der Waals surface area contributed by atoms with Crippen LogP contribution in [-0.2, 0) is 14.3 Å². The van der Waals surface area contributed by atoms with Crippen LogP contribution in [0.3, 0.4) is 0 Å². The van der Waals surface area contributed by atoms with Gasteiger partial charge in [0.15, 0.2) is 5.69 Å². The Bertz CT molecular complexity index is 1280. The van der Waals surface area contributed by atoms with E-state index in [-0.39, 0.29) is 24.8 Å². The number of benzene rings is 2. The van der Waals surface area contributed by atoms with E-state index < -0.39 is 11.5 Å². The van der Waals surface area contributed by atoms with Crippen molar-refractivity contribution in [1.29, 1.82) is 0 Å². The van der Waals surface area contributed by atoms with Gasteiger partial charge in [-0.05, 0) is 57.0 Å². The van der Waals surface area contributed by atoms with Gasteiger partial charge in [-0.15, -0.1) is 0 Å². The summed E-state index contributed by atoms with van der Waals surface area (Å²) in [5.74, 6) is -0.748. The van der Waals surface area contributed by atoms with Crippen molar-refractivity contribution in [3.63, 3.8) is 0 Å². The molecule has 10 heteroatoms. The largest absolute Gasteiger partial charge is 0.464 e. The average molecular weight is 565 g/mol. The van der Waals surface area contributed by atoms with E-state index in [0.29, 0.717) is 38.6 Å². The summed E-state index contributed by atoms with van der Waals surface area (Å²) in [7, 11) is 0. The quantitative estimate of drug-likeness (QED) is 0.303. The fourth-order valence-electron chi connectivity index (χ4n) is 4.68. The number of amides is 1. The zero-order valence-corrected chi connectivity index (χ0v) is 22.9. The van der Waals surface area contributed by atoms with Crippen molar-refractivity contribution in [3.8, 4) is 16.9 Å². The molecule has 1 amide bonds. The van der Waals surface area contributed by atoms with Gasteiger partial charge in [-0.2, -0.15) is 5.10 Å². The zero-order chi connectivity index (χ0) is 26.6. The Morgan fingerprint density at radius 1 is 1.05 bits per heavy atom. The van der Waals surface area contributed by atoms with Gasteiger partial charge < -0.3 is 14.8 Å². The van der Waals surface area contributed by atoms with E-state index in [0.717, 1.165) is 31.2 Å². The summed E-state index contributed by atoms with van der Waals surface area (Å²) in [6, 6.07) is 12.4. The molecule has 1 saturated carbocycles. The van der Waals surface area contributed by atoms with Crippen LogP contribution in [0.5, 0.6) is 0 Å². The average Bonchev–Trinajstić information content (AvgIpc) is 3.44. The van der Waals surface area contributed by atoms with Crippen LogP contribution in [0.1, 0.15) is 48.7 Å². The van der Waals surface area contributed by atoms with Gasteiger partial charge >= 0.3 is 5.97 Å². The first-order valence-corrected chi connectivity index (χ1v) is 13.2. The lowest BCUT2D eigenvalue weighted by Gasteiger charge is -2.29. The van der Waals surface area contributed by atoms with Crippen LogP contribution in [0, 0.1) is 6.92 Å². The number of hydrogen-bond acceptors (Lipinski definition) is 5. The number of carbonyl (C=O) groups excluding carboxylic acids is 2. The van der Waals surface area contributed by atoms with Crippen LogP contribution < -0.4 is 5.32 Å². The lowest BCUT2D eigenvalue weighted by atomic mass is 9.98. The molecule has 1 aromatic heterocycles. The number of halogens is 3. The first-order chi connectivity index (χ1) is 17.7. The second-order valence-corrected chi connectivity index (χ2v) is 10.4. The number of aromatic nitrogens is 2. The highest BCUT2D eigenvalue weighted by atomic mass is 35.5. The number of hydrogen-bond donors (Lipinski definition) is 1.